The molecule has 0 aliphatic heterocycles. The van der Waals surface area contributed by atoms with Crippen LogP contribution in [0.3, 0.4) is 0 Å². The molecule has 1 aromatic heterocycles. The molecule has 0 unspecified atom stereocenters. The molecule has 2 rings (SSSR count). The monoisotopic (exact) mass is 243 g/mol. The molecule has 0 saturated heterocycles. The van der Waals surface area contributed by atoms with Crippen LogP contribution in [-0.2, 0) is 4.79 Å². The summed E-state index contributed by atoms with van der Waals surface area (Å²) >= 11 is 0. The number of amides is 1. The van der Waals surface area contributed by atoms with Gasteiger partial charge in [0.05, 0.1) is 17.7 Å². The summed E-state index contributed by atoms with van der Waals surface area (Å²) in [7, 11) is 3.73. The minimum atomic E-state index is -0.0317. The van der Waals surface area contributed by atoms with E-state index in [1.807, 2.05) is 56.3 Å². The maximum atomic E-state index is 11.8. The van der Waals surface area contributed by atoms with Crippen LogP contribution in [0, 0.1) is 6.92 Å². The molecule has 0 fully saturated rings. The van der Waals surface area contributed by atoms with Crippen LogP contribution in [-0.4, -0.2) is 36.4 Å². The lowest BCUT2D eigenvalue weighted by molar-refractivity contribution is -0.116. The maximum absolute atomic E-state index is 11.8. The third kappa shape index (κ3) is 2.84. The number of rotatable bonds is 3. The highest BCUT2D eigenvalue weighted by Gasteiger charge is 2.07. The predicted molar refractivity (Wildman–Crippen MR) is 73.7 cm³/mol. The summed E-state index contributed by atoms with van der Waals surface area (Å²) in [6.45, 7) is 2.31. The highest BCUT2D eigenvalue weighted by molar-refractivity contribution is 6.00. The van der Waals surface area contributed by atoms with Crippen LogP contribution in [0.1, 0.15) is 5.69 Å². The highest BCUT2D eigenvalue weighted by atomic mass is 16.2. The number of hydrogen-bond acceptors (Lipinski definition) is 3. The van der Waals surface area contributed by atoms with Gasteiger partial charge in [0, 0.05) is 11.1 Å². The number of nitrogens with zero attached hydrogens (tertiary/aromatic N) is 2. The molecule has 0 spiro atoms. The van der Waals surface area contributed by atoms with E-state index < -0.39 is 0 Å². The van der Waals surface area contributed by atoms with E-state index in [2.05, 4.69) is 10.3 Å². The Labute approximate surface area is 107 Å². The summed E-state index contributed by atoms with van der Waals surface area (Å²) in [6, 6.07) is 9.77. The number of benzene rings is 1. The summed E-state index contributed by atoms with van der Waals surface area (Å²) in [5, 5.41) is 3.93. The Balaban J connectivity index is 2.33. The molecule has 1 amide bonds. The van der Waals surface area contributed by atoms with Crippen LogP contribution in [0.4, 0.5) is 5.69 Å². The summed E-state index contributed by atoms with van der Waals surface area (Å²) in [5.74, 6) is -0.0317. The fraction of sp³-hybridized carbons (Fsp3) is 0.286. The van der Waals surface area contributed by atoms with Gasteiger partial charge in [-0.1, -0.05) is 18.2 Å². The van der Waals surface area contributed by atoms with E-state index in [0.717, 1.165) is 22.3 Å². The average molecular weight is 243 g/mol. The highest BCUT2D eigenvalue weighted by Crippen LogP contribution is 2.21. The molecule has 94 valence electrons. The smallest absolute Gasteiger partial charge is 0.238 e. The molecular formula is C14H17N3O. The largest absolute Gasteiger partial charge is 0.323 e. The maximum Gasteiger partial charge on any atom is 0.238 e. The molecule has 0 aliphatic rings. The molecule has 4 nitrogen and oxygen atoms in total. The number of fused-ring (bicyclic) bond motifs is 1. The Kier molecular flexibility index (Phi) is 3.58. The first-order valence-corrected chi connectivity index (χ1v) is 5.87. The fourth-order valence-electron chi connectivity index (χ4n) is 1.82. The number of para-hydroxylation sites is 1. The molecule has 0 saturated carbocycles. The number of pyridine rings is 1. The standard InChI is InChI=1S/C14H17N3O/c1-10-7-8-11-5-4-6-12(14(11)15-10)16-13(18)9-17(2)3/h4-8H,9H2,1-3H3,(H,16,18). The minimum absolute atomic E-state index is 0.0317. The van der Waals surface area contributed by atoms with Gasteiger partial charge in [0.25, 0.3) is 0 Å². The number of carbonyl (C=O) groups excluding carboxylic acids is 1. The van der Waals surface area contributed by atoms with Gasteiger partial charge in [-0.25, -0.2) is 0 Å². The molecule has 0 radical (unpaired) electrons. The lowest BCUT2D eigenvalue weighted by Crippen LogP contribution is -2.27. The van der Waals surface area contributed by atoms with Crippen LogP contribution in [0.5, 0.6) is 0 Å². The van der Waals surface area contributed by atoms with E-state index in [9.17, 15) is 4.79 Å². The Hall–Kier alpha value is -1.94. The van der Waals surface area contributed by atoms with E-state index >= 15 is 0 Å². The third-order valence-electron chi connectivity index (χ3n) is 2.59. The molecule has 18 heavy (non-hydrogen) atoms. The van der Waals surface area contributed by atoms with Gasteiger partial charge in [0.1, 0.15) is 0 Å². The van der Waals surface area contributed by atoms with Crippen molar-refractivity contribution in [3.63, 3.8) is 0 Å². The van der Waals surface area contributed by atoms with Crippen molar-refractivity contribution in [2.24, 2.45) is 0 Å². The quantitative estimate of drug-likeness (QED) is 0.897. The minimum Gasteiger partial charge on any atom is -0.323 e. The lowest BCUT2D eigenvalue weighted by Gasteiger charge is -2.11. The number of hydrogen-bond donors (Lipinski definition) is 1. The first-order chi connectivity index (χ1) is 8.56. The summed E-state index contributed by atoms with van der Waals surface area (Å²) < 4.78 is 0. The van der Waals surface area contributed by atoms with Crippen molar-refractivity contribution in [1.82, 2.24) is 9.88 Å². The van der Waals surface area contributed by atoms with E-state index in [0.29, 0.717) is 6.54 Å². The molecule has 1 N–H and O–H groups in total. The number of nitrogens with one attached hydrogen (secondary N) is 1. The average Bonchev–Trinajstić information content (AvgIpc) is 2.28. The zero-order chi connectivity index (χ0) is 13.1. The van der Waals surface area contributed by atoms with Gasteiger partial charge in [0.2, 0.25) is 5.91 Å². The number of carbonyl (C=O) groups is 1. The Morgan fingerprint density at radius 1 is 1.28 bits per heavy atom. The summed E-state index contributed by atoms with van der Waals surface area (Å²) in [5.41, 5.74) is 2.55. The zero-order valence-electron chi connectivity index (χ0n) is 10.9. The van der Waals surface area contributed by atoms with Crippen molar-refractivity contribution in [1.29, 1.82) is 0 Å². The van der Waals surface area contributed by atoms with Gasteiger partial charge in [-0.2, -0.15) is 0 Å². The van der Waals surface area contributed by atoms with Crippen molar-refractivity contribution in [2.75, 3.05) is 26.0 Å². The SMILES string of the molecule is Cc1ccc2cccc(NC(=O)CN(C)C)c2n1. The van der Waals surface area contributed by atoms with Gasteiger partial charge in [0.15, 0.2) is 0 Å². The second kappa shape index (κ2) is 5.14. The van der Waals surface area contributed by atoms with Crippen LogP contribution in [0.2, 0.25) is 0 Å². The third-order valence-corrected chi connectivity index (χ3v) is 2.59. The normalized spacial score (nSPS) is 10.9. The van der Waals surface area contributed by atoms with Gasteiger partial charge >= 0.3 is 0 Å². The zero-order valence-corrected chi connectivity index (χ0v) is 10.9. The topological polar surface area (TPSA) is 45.2 Å². The van der Waals surface area contributed by atoms with E-state index in [-0.39, 0.29) is 5.91 Å². The van der Waals surface area contributed by atoms with Crippen molar-refractivity contribution < 1.29 is 4.79 Å². The lowest BCUT2D eigenvalue weighted by atomic mass is 10.1. The molecule has 4 heteroatoms. The number of likely N-dealkylation sites (N-methyl/N-ethyl adjacent to an activating group) is 1. The van der Waals surface area contributed by atoms with Crippen LogP contribution >= 0.6 is 0 Å². The predicted octanol–water partition coefficient (Wildman–Crippen LogP) is 2.04. The molecule has 0 bridgehead atoms. The van der Waals surface area contributed by atoms with E-state index in [4.69, 9.17) is 0 Å². The van der Waals surface area contributed by atoms with Gasteiger partial charge in [-0.15, -0.1) is 0 Å². The number of aromatic nitrogens is 1. The van der Waals surface area contributed by atoms with Crippen molar-refractivity contribution in [3.8, 4) is 0 Å². The van der Waals surface area contributed by atoms with Crippen molar-refractivity contribution in [3.05, 3.63) is 36.0 Å². The molecule has 2 aromatic rings. The number of aryl methyl sites for hydroxylation is 1. The van der Waals surface area contributed by atoms with Crippen LogP contribution < -0.4 is 5.32 Å². The first kappa shape index (κ1) is 12.5. The van der Waals surface area contributed by atoms with Gasteiger partial charge in [-0.3, -0.25) is 9.78 Å². The number of anilines is 1. The van der Waals surface area contributed by atoms with Crippen LogP contribution in [0.25, 0.3) is 10.9 Å². The molecule has 0 atom stereocenters. The summed E-state index contributed by atoms with van der Waals surface area (Å²) in [6.07, 6.45) is 0. The van der Waals surface area contributed by atoms with Crippen LogP contribution in [0.15, 0.2) is 30.3 Å². The van der Waals surface area contributed by atoms with Crippen molar-refractivity contribution >= 4 is 22.5 Å². The van der Waals surface area contributed by atoms with Gasteiger partial charge < -0.3 is 10.2 Å². The second-order valence-electron chi connectivity index (χ2n) is 4.62. The van der Waals surface area contributed by atoms with Crippen molar-refractivity contribution in [2.45, 2.75) is 6.92 Å². The molecular weight excluding hydrogens is 226 g/mol. The first-order valence-electron chi connectivity index (χ1n) is 5.87. The van der Waals surface area contributed by atoms with Gasteiger partial charge in [-0.05, 0) is 33.2 Å². The molecule has 0 aliphatic carbocycles. The van der Waals surface area contributed by atoms with E-state index in [1.54, 1.807) is 0 Å². The Morgan fingerprint density at radius 2 is 2.06 bits per heavy atom. The van der Waals surface area contributed by atoms with E-state index in [1.165, 1.54) is 0 Å². The summed E-state index contributed by atoms with van der Waals surface area (Å²) in [4.78, 5) is 18.1. The second-order valence-corrected chi connectivity index (χ2v) is 4.62. The Morgan fingerprint density at radius 3 is 2.78 bits per heavy atom. The molecule has 1 aromatic carbocycles. The fourth-order valence-corrected chi connectivity index (χ4v) is 1.82. The molecule has 1 heterocycles. The Bertz CT molecular complexity index is 578.